The van der Waals surface area contributed by atoms with E-state index < -0.39 is 72.7 Å². The van der Waals surface area contributed by atoms with E-state index in [1.807, 2.05) is 0 Å². The lowest BCUT2D eigenvalue weighted by atomic mass is 10.1. The molecule has 12 N–H and O–H groups in total. The van der Waals surface area contributed by atoms with Gasteiger partial charge < -0.3 is 48.7 Å². The molecule has 0 aromatic rings. The van der Waals surface area contributed by atoms with Crippen molar-refractivity contribution in [1.82, 2.24) is 21.3 Å². The number of hydrogen-bond acceptors (Lipinski definition) is 10. The summed E-state index contributed by atoms with van der Waals surface area (Å²) >= 11 is 0. The molecule has 1 aliphatic rings. The van der Waals surface area contributed by atoms with E-state index in [1.165, 1.54) is 0 Å². The van der Waals surface area contributed by atoms with Crippen molar-refractivity contribution < 1.29 is 39.0 Å². The molecule has 1 rings (SSSR count). The van der Waals surface area contributed by atoms with Gasteiger partial charge in [-0.2, -0.15) is 0 Å². The standard InChI is InChI=1S/C18H30N8O8S2/c19-8-6-35-36-7-11(17(33)34)26-15(30)9(2-1-3-22-18(20)21)24-13(28)5-23-12(27)4-10(16(31)32)25-14(8)29/h8-11H,1-7,19H2,(H,23,27)(H,24,28)(H,25,29)(H,26,30)(H,31,32)(H,33,34)(H4,20,21,22)/t8-,9-,10-,11-/m0/s1. The summed E-state index contributed by atoms with van der Waals surface area (Å²) in [5, 5.41) is 27.9. The topological polar surface area (TPSA) is 281 Å². The molecule has 0 radical (unpaired) electrons. The Morgan fingerprint density at radius 1 is 0.917 bits per heavy atom. The van der Waals surface area contributed by atoms with E-state index in [4.69, 9.17) is 17.2 Å². The number of rotatable bonds is 6. The maximum Gasteiger partial charge on any atom is 0.327 e. The number of nitrogens with zero attached hydrogens (tertiary/aromatic N) is 1. The second-order valence-corrected chi connectivity index (χ2v) is 10.1. The van der Waals surface area contributed by atoms with Gasteiger partial charge in [-0.15, -0.1) is 0 Å². The molecule has 1 aliphatic heterocycles. The van der Waals surface area contributed by atoms with Crippen molar-refractivity contribution in [3.05, 3.63) is 0 Å². The fraction of sp³-hybridized carbons (Fsp3) is 0.611. The van der Waals surface area contributed by atoms with Gasteiger partial charge in [0.25, 0.3) is 0 Å². The highest BCUT2D eigenvalue weighted by molar-refractivity contribution is 8.76. The van der Waals surface area contributed by atoms with Crippen LogP contribution >= 0.6 is 21.6 Å². The molecule has 0 aromatic carbocycles. The molecule has 1 fully saturated rings. The summed E-state index contributed by atoms with van der Waals surface area (Å²) in [6, 6.07) is -5.23. The molecule has 1 heterocycles. The number of carbonyl (C=O) groups is 6. The van der Waals surface area contributed by atoms with Crippen LogP contribution < -0.4 is 38.5 Å². The van der Waals surface area contributed by atoms with E-state index in [0.717, 1.165) is 21.6 Å². The highest BCUT2D eigenvalue weighted by atomic mass is 33.1. The van der Waals surface area contributed by atoms with Crippen molar-refractivity contribution in [1.29, 1.82) is 0 Å². The van der Waals surface area contributed by atoms with Gasteiger partial charge in [0.1, 0.15) is 18.1 Å². The largest absolute Gasteiger partial charge is 0.480 e. The molecule has 4 amide bonds. The van der Waals surface area contributed by atoms with Gasteiger partial charge in [0.2, 0.25) is 23.6 Å². The van der Waals surface area contributed by atoms with Gasteiger partial charge in [0.05, 0.1) is 19.0 Å². The minimum atomic E-state index is -1.59. The molecular weight excluding hydrogens is 520 g/mol. The smallest absolute Gasteiger partial charge is 0.327 e. The molecule has 0 bridgehead atoms. The van der Waals surface area contributed by atoms with Crippen LogP contribution in [0, 0.1) is 0 Å². The van der Waals surface area contributed by atoms with E-state index in [0.29, 0.717) is 0 Å². The third-order valence-corrected chi connectivity index (χ3v) is 7.01. The summed E-state index contributed by atoms with van der Waals surface area (Å²) in [5.41, 5.74) is 16.3. The number of aliphatic carboxylic acids is 2. The first-order chi connectivity index (χ1) is 16.9. The van der Waals surface area contributed by atoms with Crippen molar-refractivity contribution in [2.24, 2.45) is 22.2 Å². The maximum atomic E-state index is 12.8. The molecule has 4 atom stereocenters. The maximum absolute atomic E-state index is 12.8. The van der Waals surface area contributed by atoms with Crippen molar-refractivity contribution in [3.8, 4) is 0 Å². The minimum Gasteiger partial charge on any atom is -0.480 e. The summed E-state index contributed by atoms with van der Waals surface area (Å²) in [4.78, 5) is 76.3. The average Bonchev–Trinajstić information content (AvgIpc) is 2.79. The fourth-order valence-corrected chi connectivity index (χ4v) is 4.97. The lowest BCUT2D eigenvalue weighted by Crippen LogP contribution is -2.54. The summed E-state index contributed by atoms with van der Waals surface area (Å²) in [6.07, 6.45) is -0.340. The number of guanidine groups is 1. The van der Waals surface area contributed by atoms with Crippen molar-refractivity contribution in [2.45, 2.75) is 43.4 Å². The lowest BCUT2D eigenvalue weighted by Gasteiger charge is -2.22. The Morgan fingerprint density at radius 2 is 1.53 bits per heavy atom. The zero-order valence-corrected chi connectivity index (χ0v) is 20.7. The second-order valence-electron chi connectivity index (χ2n) is 7.52. The predicted molar refractivity (Wildman–Crippen MR) is 131 cm³/mol. The van der Waals surface area contributed by atoms with Crippen LogP contribution in [0.5, 0.6) is 0 Å². The Kier molecular flexibility index (Phi) is 13.4. The zero-order valence-electron chi connectivity index (χ0n) is 19.1. The normalized spacial score (nSPS) is 25.1. The number of carboxylic acid groups (broad SMARTS) is 2. The number of carboxylic acids is 2. The van der Waals surface area contributed by atoms with E-state index in [-0.39, 0.29) is 36.9 Å². The molecule has 0 saturated carbocycles. The number of aliphatic imine (C=N–C) groups is 1. The van der Waals surface area contributed by atoms with Gasteiger partial charge in [-0.25, -0.2) is 9.59 Å². The molecule has 36 heavy (non-hydrogen) atoms. The molecule has 1 saturated heterocycles. The molecule has 0 aromatic heterocycles. The van der Waals surface area contributed by atoms with Gasteiger partial charge in [0.15, 0.2) is 5.96 Å². The van der Waals surface area contributed by atoms with E-state index in [9.17, 15) is 39.0 Å². The molecule has 18 heteroatoms. The third kappa shape index (κ3) is 11.9. The van der Waals surface area contributed by atoms with Crippen LogP contribution in [0.1, 0.15) is 19.3 Å². The Bertz CT molecular complexity index is 870. The van der Waals surface area contributed by atoms with Crippen molar-refractivity contribution in [3.63, 3.8) is 0 Å². The van der Waals surface area contributed by atoms with Crippen LogP contribution in [-0.4, -0.2) is 101 Å². The highest BCUT2D eigenvalue weighted by Gasteiger charge is 2.29. The van der Waals surface area contributed by atoms with Crippen LogP contribution in [0.3, 0.4) is 0 Å². The first kappa shape index (κ1) is 30.8. The lowest BCUT2D eigenvalue weighted by molar-refractivity contribution is -0.143. The molecule has 202 valence electrons. The van der Waals surface area contributed by atoms with E-state index >= 15 is 0 Å². The Hall–Kier alpha value is -3.25. The molecular formula is C18H30N8O8S2. The molecule has 0 unspecified atom stereocenters. The van der Waals surface area contributed by atoms with Gasteiger partial charge >= 0.3 is 11.9 Å². The van der Waals surface area contributed by atoms with Crippen LogP contribution in [-0.2, 0) is 28.8 Å². The monoisotopic (exact) mass is 550 g/mol. The summed E-state index contributed by atoms with van der Waals surface area (Å²) in [7, 11) is 2.07. The van der Waals surface area contributed by atoms with Crippen molar-refractivity contribution >= 4 is 63.1 Å². The quantitative estimate of drug-likeness (QED) is 0.0658. The molecule has 0 aliphatic carbocycles. The zero-order chi connectivity index (χ0) is 27.3. The predicted octanol–water partition coefficient (Wildman–Crippen LogP) is -4.11. The summed E-state index contributed by atoms with van der Waals surface area (Å²) < 4.78 is 0. The Balaban J connectivity index is 3.04. The average molecular weight is 551 g/mol. The number of carbonyl (C=O) groups excluding carboxylic acids is 4. The summed E-state index contributed by atoms with van der Waals surface area (Å²) in [5.74, 6) is -6.30. The molecule has 16 nitrogen and oxygen atoms in total. The van der Waals surface area contributed by atoms with Gasteiger partial charge in [0, 0.05) is 18.1 Å². The first-order valence-corrected chi connectivity index (χ1v) is 13.1. The second kappa shape index (κ2) is 15.7. The fourth-order valence-electron chi connectivity index (χ4n) is 2.69. The number of hydrogen-bond donors (Lipinski definition) is 9. The number of nitrogens with two attached hydrogens (primary N) is 3. The Labute approximate surface area is 213 Å². The van der Waals surface area contributed by atoms with Gasteiger partial charge in [-0.1, -0.05) is 21.6 Å². The first-order valence-electron chi connectivity index (χ1n) is 10.6. The van der Waals surface area contributed by atoms with Crippen LogP contribution in [0.4, 0.5) is 0 Å². The van der Waals surface area contributed by atoms with E-state index in [1.54, 1.807) is 0 Å². The van der Waals surface area contributed by atoms with Gasteiger partial charge in [-0.05, 0) is 12.8 Å². The SMILES string of the molecule is NC(N)=NCCC[C@@H]1NC(=O)CNC(=O)C[C@@H](C(=O)O)NC(=O)[C@@H](N)CSSC[C@@H](C(=O)O)NC1=O. The number of amides is 4. The summed E-state index contributed by atoms with van der Waals surface area (Å²) in [6.45, 7) is -0.457. The Morgan fingerprint density at radius 3 is 2.14 bits per heavy atom. The van der Waals surface area contributed by atoms with Crippen molar-refractivity contribution in [2.75, 3.05) is 24.6 Å². The molecule has 0 spiro atoms. The van der Waals surface area contributed by atoms with Crippen LogP contribution in [0.2, 0.25) is 0 Å². The van der Waals surface area contributed by atoms with Gasteiger partial charge in [-0.3, -0.25) is 24.2 Å². The van der Waals surface area contributed by atoms with Crippen LogP contribution in [0.15, 0.2) is 4.99 Å². The minimum absolute atomic E-state index is 0.00120. The number of nitrogens with one attached hydrogen (secondary N) is 4. The van der Waals surface area contributed by atoms with Crippen LogP contribution in [0.25, 0.3) is 0 Å². The van der Waals surface area contributed by atoms with E-state index in [2.05, 4.69) is 26.3 Å². The highest BCUT2D eigenvalue weighted by Crippen LogP contribution is 2.23. The third-order valence-electron chi connectivity index (χ3n) is 4.56.